The first kappa shape index (κ1) is 16.9. The van der Waals surface area contributed by atoms with Crippen LogP contribution in [0, 0.1) is 17.6 Å². The highest BCUT2D eigenvalue weighted by Crippen LogP contribution is 2.40. The lowest BCUT2D eigenvalue weighted by Crippen LogP contribution is -2.26. The molecular weight excluding hydrogens is 332 g/mol. The Morgan fingerprint density at radius 1 is 1.50 bits per heavy atom. The number of halogens is 3. The number of benzene rings is 1. The van der Waals surface area contributed by atoms with Crippen LogP contribution >= 0.6 is 23.5 Å². The summed E-state index contributed by atoms with van der Waals surface area (Å²) < 4.78 is 27.4. The number of nitrogens with two attached hydrogens (primary N) is 1. The standard InChI is InChI=1S/C14H14ClF2N3OS/c1-19-12(7-2-3-7)13(22-18)14(21)20-6-8-10(16)5-4-9(15)11(8)17/h4-5,7H,1-3,6,18H2,(H,20,21)/b13-12-. The van der Waals surface area contributed by atoms with E-state index in [1.165, 1.54) is 0 Å². The van der Waals surface area contributed by atoms with Gasteiger partial charge in [-0.05, 0) is 43.6 Å². The van der Waals surface area contributed by atoms with Gasteiger partial charge in [0.2, 0.25) is 0 Å². The minimum atomic E-state index is -0.892. The molecule has 1 saturated carbocycles. The molecule has 1 fully saturated rings. The summed E-state index contributed by atoms with van der Waals surface area (Å²) in [5.41, 5.74) is 0.221. The Hall–Kier alpha value is -1.44. The SMILES string of the molecule is C=N/C(=C(\SN)C(=O)NCc1c(F)ccc(Cl)c1F)C1CC1. The van der Waals surface area contributed by atoms with Crippen molar-refractivity contribution < 1.29 is 13.6 Å². The molecule has 0 saturated heterocycles. The van der Waals surface area contributed by atoms with Crippen molar-refractivity contribution in [1.82, 2.24) is 5.32 Å². The Labute approximate surface area is 135 Å². The van der Waals surface area contributed by atoms with Gasteiger partial charge in [0, 0.05) is 18.0 Å². The maximum absolute atomic E-state index is 13.8. The van der Waals surface area contributed by atoms with Crippen LogP contribution in [0.15, 0.2) is 27.7 Å². The van der Waals surface area contributed by atoms with E-state index in [9.17, 15) is 13.6 Å². The molecule has 2 rings (SSSR count). The fraction of sp³-hybridized carbons (Fsp3) is 0.286. The number of hydrogen-bond donors (Lipinski definition) is 2. The first-order valence-electron chi connectivity index (χ1n) is 6.47. The molecule has 3 N–H and O–H groups in total. The molecule has 0 heterocycles. The highest BCUT2D eigenvalue weighted by molar-refractivity contribution is 8.01. The number of nitrogens with one attached hydrogen (secondary N) is 1. The molecule has 118 valence electrons. The lowest BCUT2D eigenvalue weighted by molar-refractivity contribution is -0.117. The minimum Gasteiger partial charge on any atom is -0.347 e. The van der Waals surface area contributed by atoms with E-state index in [-0.39, 0.29) is 28.0 Å². The Morgan fingerprint density at radius 2 is 2.18 bits per heavy atom. The van der Waals surface area contributed by atoms with Crippen molar-refractivity contribution in [2.24, 2.45) is 16.0 Å². The Morgan fingerprint density at radius 3 is 2.73 bits per heavy atom. The van der Waals surface area contributed by atoms with Gasteiger partial charge in [0.25, 0.3) is 5.91 Å². The van der Waals surface area contributed by atoms with Gasteiger partial charge >= 0.3 is 0 Å². The van der Waals surface area contributed by atoms with E-state index >= 15 is 0 Å². The lowest BCUT2D eigenvalue weighted by Gasteiger charge is -2.11. The summed E-state index contributed by atoms with van der Waals surface area (Å²) in [4.78, 5) is 16.2. The predicted octanol–water partition coefficient (Wildman–Crippen LogP) is 3.16. The minimum absolute atomic E-state index is 0.175. The van der Waals surface area contributed by atoms with Crippen LogP contribution in [0.4, 0.5) is 8.78 Å². The van der Waals surface area contributed by atoms with Gasteiger partial charge in [-0.1, -0.05) is 11.6 Å². The van der Waals surface area contributed by atoms with E-state index in [0.717, 1.165) is 36.9 Å². The van der Waals surface area contributed by atoms with Crippen molar-refractivity contribution in [3.05, 3.63) is 45.0 Å². The van der Waals surface area contributed by atoms with E-state index < -0.39 is 17.5 Å². The third-order valence-corrected chi connectivity index (χ3v) is 4.18. The zero-order valence-electron chi connectivity index (χ0n) is 11.5. The van der Waals surface area contributed by atoms with E-state index in [1.54, 1.807) is 0 Å². The van der Waals surface area contributed by atoms with Crippen molar-refractivity contribution in [2.75, 3.05) is 0 Å². The quantitative estimate of drug-likeness (QED) is 0.360. The maximum Gasteiger partial charge on any atom is 0.261 e. The average molecular weight is 346 g/mol. The summed E-state index contributed by atoms with van der Waals surface area (Å²) in [5, 5.41) is 7.73. The Kier molecular flexibility index (Phi) is 5.55. The molecule has 0 aromatic heterocycles. The summed E-state index contributed by atoms with van der Waals surface area (Å²) in [6, 6.07) is 2.16. The molecule has 8 heteroatoms. The van der Waals surface area contributed by atoms with Crippen LogP contribution in [0.5, 0.6) is 0 Å². The van der Waals surface area contributed by atoms with E-state index in [4.69, 9.17) is 16.7 Å². The summed E-state index contributed by atoms with van der Waals surface area (Å²) in [7, 11) is 0. The second-order valence-corrected chi connectivity index (χ2v) is 5.82. The lowest BCUT2D eigenvalue weighted by atomic mass is 10.2. The summed E-state index contributed by atoms with van der Waals surface area (Å²) >= 11 is 6.35. The number of rotatable bonds is 6. The second-order valence-electron chi connectivity index (χ2n) is 4.77. The number of allylic oxidation sites excluding steroid dienone is 1. The summed E-state index contributed by atoms with van der Waals surface area (Å²) in [6.07, 6.45) is 1.84. The fourth-order valence-electron chi connectivity index (χ4n) is 1.95. The van der Waals surface area contributed by atoms with E-state index in [2.05, 4.69) is 17.0 Å². The normalized spacial score (nSPS) is 15.3. The predicted molar refractivity (Wildman–Crippen MR) is 84.3 cm³/mol. The van der Waals surface area contributed by atoms with E-state index in [0.29, 0.717) is 5.70 Å². The van der Waals surface area contributed by atoms with Crippen molar-refractivity contribution in [1.29, 1.82) is 0 Å². The van der Waals surface area contributed by atoms with Gasteiger partial charge in [0.05, 0.1) is 10.7 Å². The molecule has 1 aromatic rings. The molecule has 0 radical (unpaired) electrons. The van der Waals surface area contributed by atoms with Gasteiger partial charge in [-0.2, -0.15) is 0 Å². The van der Waals surface area contributed by atoms with Crippen LogP contribution in [0.1, 0.15) is 18.4 Å². The Balaban J connectivity index is 2.16. The smallest absolute Gasteiger partial charge is 0.261 e. The molecule has 1 aliphatic carbocycles. The molecule has 1 amide bonds. The molecule has 1 aromatic carbocycles. The number of carbonyl (C=O) groups excluding carboxylic acids is 1. The fourth-order valence-corrected chi connectivity index (χ4v) is 2.66. The van der Waals surface area contributed by atoms with Gasteiger partial charge in [0.15, 0.2) is 0 Å². The first-order chi connectivity index (χ1) is 10.5. The van der Waals surface area contributed by atoms with Gasteiger partial charge in [-0.15, -0.1) is 0 Å². The summed E-state index contributed by atoms with van der Waals surface area (Å²) in [6.45, 7) is 3.10. The molecule has 1 aliphatic rings. The highest BCUT2D eigenvalue weighted by Gasteiger charge is 2.30. The van der Waals surface area contributed by atoms with Crippen LogP contribution in [0.25, 0.3) is 0 Å². The molecular formula is C14H14ClF2N3OS. The third kappa shape index (κ3) is 3.66. The number of carbonyl (C=O) groups is 1. The van der Waals surface area contributed by atoms with Crippen LogP contribution in [0.3, 0.4) is 0 Å². The first-order valence-corrected chi connectivity index (χ1v) is 7.73. The number of hydrogen-bond acceptors (Lipinski definition) is 4. The van der Waals surface area contributed by atoms with Crippen LogP contribution in [0.2, 0.25) is 5.02 Å². The third-order valence-electron chi connectivity index (χ3n) is 3.26. The van der Waals surface area contributed by atoms with Crippen LogP contribution in [-0.2, 0) is 11.3 Å². The number of amides is 1. The molecule has 0 spiro atoms. The zero-order valence-corrected chi connectivity index (χ0v) is 13.1. The highest BCUT2D eigenvalue weighted by atomic mass is 35.5. The average Bonchev–Trinajstić information content (AvgIpc) is 3.33. The molecule has 4 nitrogen and oxygen atoms in total. The Bertz CT molecular complexity index is 647. The largest absolute Gasteiger partial charge is 0.347 e. The number of aliphatic imine (C=N–C) groups is 1. The molecule has 0 unspecified atom stereocenters. The molecule has 22 heavy (non-hydrogen) atoms. The zero-order chi connectivity index (χ0) is 16.3. The van der Waals surface area contributed by atoms with Crippen molar-refractivity contribution in [2.45, 2.75) is 19.4 Å². The van der Waals surface area contributed by atoms with Crippen molar-refractivity contribution in [3.63, 3.8) is 0 Å². The van der Waals surface area contributed by atoms with Gasteiger partial charge < -0.3 is 5.32 Å². The second kappa shape index (κ2) is 7.21. The number of nitrogens with zero attached hydrogens (tertiary/aromatic N) is 1. The monoisotopic (exact) mass is 345 g/mol. The van der Waals surface area contributed by atoms with Crippen molar-refractivity contribution >= 4 is 36.2 Å². The van der Waals surface area contributed by atoms with Gasteiger partial charge in [0.1, 0.15) is 16.5 Å². The molecule has 0 bridgehead atoms. The van der Waals surface area contributed by atoms with Crippen LogP contribution in [-0.4, -0.2) is 12.6 Å². The van der Waals surface area contributed by atoms with Crippen LogP contribution < -0.4 is 10.5 Å². The molecule has 0 aliphatic heterocycles. The maximum atomic E-state index is 13.8. The molecule has 0 atom stereocenters. The summed E-state index contributed by atoms with van der Waals surface area (Å²) in [5.74, 6) is -2.04. The van der Waals surface area contributed by atoms with Gasteiger partial charge in [-0.25, -0.2) is 8.78 Å². The topological polar surface area (TPSA) is 67.5 Å². The van der Waals surface area contributed by atoms with Crippen molar-refractivity contribution in [3.8, 4) is 0 Å². The van der Waals surface area contributed by atoms with E-state index in [1.807, 2.05) is 0 Å². The van der Waals surface area contributed by atoms with Gasteiger partial charge in [-0.3, -0.25) is 14.9 Å².